The Kier molecular flexibility index (Phi) is 3.60. The molecule has 0 aromatic carbocycles. The summed E-state index contributed by atoms with van der Waals surface area (Å²) in [5, 5.41) is 0. The fourth-order valence-electron chi connectivity index (χ4n) is 2.03. The van der Waals surface area contributed by atoms with Crippen LogP contribution >= 0.6 is 0 Å². The minimum absolute atomic E-state index is 0.0446. The van der Waals surface area contributed by atoms with Crippen LogP contribution in [0.4, 0.5) is 0 Å². The molecule has 0 saturated heterocycles. The molecule has 0 aromatic heterocycles. The molecule has 0 N–H and O–H groups in total. The summed E-state index contributed by atoms with van der Waals surface area (Å²) >= 11 is 0. The van der Waals surface area contributed by atoms with Gasteiger partial charge in [0.15, 0.2) is 5.78 Å². The van der Waals surface area contributed by atoms with Gasteiger partial charge in [0.2, 0.25) is 0 Å². The van der Waals surface area contributed by atoms with Crippen molar-refractivity contribution in [2.45, 2.75) is 26.2 Å². The van der Waals surface area contributed by atoms with Crippen molar-refractivity contribution in [3.05, 3.63) is 0 Å². The van der Waals surface area contributed by atoms with Crippen LogP contribution in [0.3, 0.4) is 0 Å². The van der Waals surface area contributed by atoms with Crippen molar-refractivity contribution < 1.29 is 14.3 Å². The second-order valence-corrected chi connectivity index (χ2v) is 3.55. The summed E-state index contributed by atoms with van der Waals surface area (Å²) in [4.78, 5) is 22.9. The maximum absolute atomic E-state index is 11.5. The Bertz CT molecular complexity index is 210. The lowest BCUT2D eigenvalue weighted by Gasteiger charge is -2.14. The number of hydrogen-bond acceptors (Lipinski definition) is 3. The van der Waals surface area contributed by atoms with Gasteiger partial charge >= 0.3 is 0 Å². The Hall–Kier alpha value is -0.700. The van der Waals surface area contributed by atoms with Gasteiger partial charge in [0, 0.05) is 13.5 Å². The van der Waals surface area contributed by atoms with E-state index in [9.17, 15) is 9.59 Å². The first-order valence-electron chi connectivity index (χ1n) is 4.75. The summed E-state index contributed by atoms with van der Waals surface area (Å²) in [5.74, 6) is -0.0501. The van der Waals surface area contributed by atoms with Gasteiger partial charge in [0.1, 0.15) is 12.4 Å². The summed E-state index contributed by atoms with van der Waals surface area (Å²) in [6.07, 6.45) is 2.35. The molecular weight excluding hydrogens is 168 g/mol. The summed E-state index contributed by atoms with van der Waals surface area (Å²) in [5.41, 5.74) is 0. The molecular formula is C10H16O3. The van der Waals surface area contributed by atoms with Gasteiger partial charge in [-0.3, -0.25) is 9.59 Å². The average molecular weight is 184 g/mol. The van der Waals surface area contributed by atoms with Crippen molar-refractivity contribution >= 4 is 11.6 Å². The van der Waals surface area contributed by atoms with E-state index in [2.05, 4.69) is 0 Å². The monoisotopic (exact) mass is 184 g/mol. The number of ether oxygens (including phenoxy) is 1. The van der Waals surface area contributed by atoms with E-state index in [0.717, 1.165) is 12.8 Å². The van der Waals surface area contributed by atoms with Crippen LogP contribution in [0, 0.1) is 11.8 Å². The molecule has 0 amide bonds. The van der Waals surface area contributed by atoms with Crippen molar-refractivity contribution in [2.24, 2.45) is 11.8 Å². The van der Waals surface area contributed by atoms with Crippen LogP contribution < -0.4 is 0 Å². The molecule has 0 spiro atoms. The smallest absolute Gasteiger partial charge is 0.169 e. The van der Waals surface area contributed by atoms with Crippen LogP contribution in [-0.4, -0.2) is 25.3 Å². The molecule has 2 atom stereocenters. The first kappa shape index (κ1) is 10.4. The second-order valence-electron chi connectivity index (χ2n) is 3.55. The highest BCUT2D eigenvalue weighted by atomic mass is 16.5. The molecule has 1 aliphatic rings. The van der Waals surface area contributed by atoms with Gasteiger partial charge in [-0.2, -0.15) is 0 Å². The molecule has 13 heavy (non-hydrogen) atoms. The second kappa shape index (κ2) is 4.51. The third-order valence-corrected chi connectivity index (χ3v) is 2.74. The van der Waals surface area contributed by atoms with Gasteiger partial charge in [-0.05, 0) is 12.3 Å². The minimum Gasteiger partial charge on any atom is -0.377 e. The molecule has 3 nitrogen and oxygen atoms in total. The zero-order chi connectivity index (χ0) is 9.84. The average Bonchev–Trinajstić information content (AvgIpc) is 2.47. The summed E-state index contributed by atoms with van der Waals surface area (Å²) in [7, 11) is 1.48. The van der Waals surface area contributed by atoms with E-state index in [1.165, 1.54) is 7.11 Å². The Labute approximate surface area is 78.5 Å². The highest BCUT2D eigenvalue weighted by Gasteiger charge is 2.38. The van der Waals surface area contributed by atoms with Crippen LogP contribution in [0.25, 0.3) is 0 Å². The number of Topliss-reactive ketones (excluding diaryl/α,β-unsaturated/α-hetero) is 2. The van der Waals surface area contributed by atoms with E-state index in [1.807, 2.05) is 6.92 Å². The first-order valence-corrected chi connectivity index (χ1v) is 4.75. The molecule has 0 aromatic rings. The number of hydrogen-bond donors (Lipinski definition) is 0. The van der Waals surface area contributed by atoms with E-state index >= 15 is 0 Å². The van der Waals surface area contributed by atoms with Crippen LogP contribution in [0.15, 0.2) is 0 Å². The maximum atomic E-state index is 11.5. The molecule has 1 fully saturated rings. The zero-order valence-corrected chi connectivity index (χ0v) is 8.21. The molecule has 74 valence electrons. The van der Waals surface area contributed by atoms with Crippen molar-refractivity contribution in [3.63, 3.8) is 0 Å². The van der Waals surface area contributed by atoms with Crippen molar-refractivity contribution in [3.8, 4) is 0 Å². The summed E-state index contributed by atoms with van der Waals surface area (Å²) in [6, 6.07) is 0. The fraction of sp³-hybridized carbons (Fsp3) is 0.800. The highest BCUT2D eigenvalue weighted by Crippen LogP contribution is 2.31. The van der Waals surface area contributed by atoms with Gasteiger partial charge in [-0.25, -0.2) is 0 Å². The molecule has 0 heterocycles. The highest BCUT2D eigenvalue weighted by molar-refractivity contribution is 6.04. The van der Waals surface area contributed by atoms with E-state index in [-0.39, 0.29) is 30.0 Å². The number of methoxy groups -OCH3 is 1. The van der Waals surface area contributed by atoms with Crippen LogP contribution in [-0.2, 0) is 14.3 Å². The van der Waals surface area contributed by atoms with Crippen LogP contribution in [0.1, 0.15) is 26.2 Å². The third kappa shape index (κ3) is 2.15. The van der Waals surface area contributed by atoms with Crippen LogP contribution in [0.2, 0.25) is 0 Å². The standard InChI is InChI=1S/C10H16O3/c1-3-7-4-5-8(11)10(7)9(12)6-13-2/h7,10H,3-6H2,1-2H3. The number of ketones is 2. The molecule has 1 aliphatic carbocycles. The predicted molar refractivity (Wildman–Crippen MR) is 48.4 cm³/mol. The number of carbonyl (C=O) groups is 2. The van der Waals surface area contributed by atoms with E-state index in [0.29, 0.717) is 6.42 Å². The molecule has 1 saturated carbocycles. The van der Waals surface area contributed by atoms with Crippen molar-refractivity contribution in [2.75, 3.05) is 13.7 Å². The lowest BCUT2D eigenvalue weighted by Crippen LogP contribution is -2.27. The minimum atomic E-state index is -0.370. The van der Waals surface area contributed by atoms with Gasteiger partial charge < -0.3 is 4.74 Å². The molecule has 0 bridgehead atoms. The van der Waals surface area contributed by atoms with Crippen molar-refractivity contribution in [1.82, 2.24) is 0 Å². The molecule has 0 aliphatic heterocycles. The van der Waals surface area contributed by atoms with E-state index < -0.39 is 0 Å². The first-order chi connectivity index (χ1) is 6.20. The Morgan fingerprint density at radius 3 is 2.85 bits per heavy atom. The molecule has 0 radical (unpaired) electrons. The quantitative estimate of drug-likeness (QED) is 0.617. The fourth-order valence-corrected chi connectivity index (χ4v) is 2.03. The number of carbonyl (C=O) groups excluding carboxylic acids is 2. The Morgan fingerprint density at radius 1 is 1.62 bits per heavy atom. The Balaban J connectivity index is 2.63. The summed E-state index contributed by atoms with van der Waals surface area (Å²) < 4.78 is 4.76. The zero-order valence-electron chi connectivity index (χ0n) is 8.21. The SMILES string of the molecule is CCC1CCC(=O)C1C(=O)COC. The lowest BCUT2D eigenvalue weighted by atomic mass is 9.90. The Morgan fingerprint density at radius 2 is 2.31 bits per heavy atom. The largest absolute Gasteiger partial charge is 0.377 e. The molecule has 1 rings (SSSR count). The molecule has 2 unspecified atom stereocenters. The summed E-state index contributed by atoms with van der Waals surface area (Å²) in [6.45, 7) is 2.10. The third-order valence-electron chi connectivity index (χ3n) is 2.74. The van der Waals surface area contributed by atoms with Crippen molar-refractivity contribution in [1.29, 1.82) is 0 Å². The van der Waals surface area contributed by atoms with Gasteiger partial charge in [-0.15, -0.1) is 0 Å². The normalized spacial score (nSPS) is 28.0. The van der Waals surface area contributed by atoms with Crippen LogP contribution in [0.5, 0.6) is 0 Å². The van der Waals surface area contributed by atoms with E-state index in [4.69, 9.17) is 4.74 Å². The number of rotatable bonds is 4. The lowest BCUT2D eigenvalue weighted by molar-refractivity contribution is -0.134. The topological polar surface area (TPSA) is 43.4 Å². The van der Waals surface area contributed by atoms with Gasteiger partial charge in [0.05, 0.1) is 5.92 Å². The predicted octanol–water partition coefficient (Wildman–Crippen LogP) is 1.21. The van der Waals surface area contributed by atoms with Gasteiger partial charge in [-0.1, -0.05) is 13.3 Å². The van der Waals surface area contributed by atoms with Gasteiger partial charge in [0.25, 0.3) is 0 Å². The van der Waals surface area contributed by atoms with E-state index in [1.54, 1.807) is 0 Å². The molecule has 3 heteroatoms. The maximum Gasteiger partial charge on any atom is 0.169 e.